The first kappa shape index (κ1) is 60.3. The Bertz CT molecular complexity index is 1450. The van der Waals surface area contributed by atoms with Gasteiger partial charge in [0.1, 0.15) is 48.8 Å². The normalized spacial score (nSPS) is 27.3. The molecule has 1 amide bonds. The lowest BCUT2D eigenvalue weighted by Crippen LogP contribution is -2.65. The lowest BCUT2D eigenvalue weighted by molar-refractivity contribution is -0.359. The third-order valence-corrected chi connectivity index (χ3v) is 11.8. The number of carbonyl (C=O) groups is 1. The highest BCUT2D eigenvalue weighted by atomic mass is 16.7. The molecule has 0 aromatic rings. The fourth-order valence-corrected chi connectivity index (χ4v) is 7.69. The van der Waals surface area contributed by atoms with E-state index >= 15 is 0 Å². The summed E-state index contributed by atoms with van der Waals surface area (Å²) in [5.74, 6) is -0.259. The second-order valence-electron chi connectivity index (χ2n) is 17.6. The summed E-state index contributed by atoms with van der Waals surface area (Å²) >= 11 is 0. The molecule has 384 valence electrons. The molecule has 2 heterocycles. The molecule has 12 unspecified atom stereocenters. The number of aliphatic hydroxyl groups excluding tert-OH is 8. The zero-order valence-corrected chi connectivity index (χ0v) is 40.6. The van der Waals surface area contributed by atoms with Crippen molar-refractivity contribution in [1.82, 2.24) is 5.32 Å². The maximum Gasteiger partial charge on any atom is 0.220 e. The van der Waals surface area contributed by atoms with Gasteiger partial charge in [-0.25, -0.2) is 0 Å². The largest absolute Gasteiger partial charge is 0.394 e. The van der Waals surface area contributed by atoms with E-state index in [1.165, 1.54) is 38.5 Å². The van der Waals surface area contributed by atoms with Gasteiger partial charge < -0.3 is 65.1 Å². The fourth-order valence-electron chi connectivity index (χ4n) is 7.69. The van der Waals surface area contributed by atoms with E-state index in [1.807, 2.05) is 6.08 Å². The van der Waals surface area contributed by atoms with Gasteiger partial charge in [-0.2, -0.15) is 0 Å². The van der Waals surface area contributed by atoms with Crippen molar-refractivity contribution in [2.45, 2.75) is 222 Å². The number of hydrogen-bond donors (Lipinski definition) is 9. The maximum absolute atomic E-state index is 13.0. The number of amides is 1. The molecule has 2 aliphatic rings. The molecular formula is C53H89NO13. The van der Waals surface area contributed by atoms with Crippen LogP contribution in [0.3, 0.4) is 0 Å². The van der Waals surface area contributed by atoms with E-state index in [9.17, 15) is 45.6 Å². The van der Waals surface area contributed by atoms with Crippen LogP contribution in [0, 0.1) is 0 Å². The van der Waals surface area contributed by atoms with Gasteiger partial charge in [-0.05, 0) is 64.2 Å². The first-order valence-electron chi connectivity index (χ1n) is 25.3. The van der Waals surface area contributed by atoms with Crippen LogP contribution in [0.4, 0.5) is 0 Å². The highest BCUT2D eigenvalue weighted by molar-refractivity contribution is 5.76. The SMILES string of the molecule is CC/C=C\C/C=C\C/C=C\C/C=C\C/C=C\C/C=C\CCCCCCCCCCCCC(=O)NC(COC1OC(CO)C(OC2OC(CO)C(O)C(O)C2O)C(O)C1O)C(O)/C=C/CCCC. The number of unbranched alkanes of at least 4 members (excludes halogenated alkanes) is 12. The van der Waals surface area contributed by atoms with Crippen LogP contribution in [0.5, 0.6) is 0 Å². The van der Waals surface area contributed by atoms with Crippen LogP contribution < -0.4 is 5.32 Å². The number of carbonyl (C=O) groups excluding carboxylic acids is 1. The molecule has 2 aliphatic heterocycles. The van der Waals surface area contributed by atoms with Gasteiger partial charge >= 0.3 is 0 Å². The van der Waals surface area contributed by atoms with Gasteiger partial charge in [-0.1, -0.05) is 163 Å². The van der Waals surface area contributed by atoms with Crippen molar-refractivity contribution in [3.63, 3.8) is 0 Å². The zero-order chi connectivity index (χ0) is 48.9. The van der Waals surface area contributed by atoms with Crippen LogP contribution in [-0.4, -0.2) is 140 Å². The summed E-state index contributed by atoms with van der Waals surface area (Å²) < 4.78 is 22.5. The Labute approximate surface area is 401 Å². The Morgan fingerprint density at radius 1 is 0.552 bits per heavy atom. The van der Waals surface area contributed by atoms with E-state index < -0.39 is 86.8 Å². The Kier molecular flexibility index (Phi) is 35.1. The third-order valence-electron chi connectivity index (χ3n) is 11.8. The highest BCUT2D eigenvalue weighted by Gasteiger charge is 2.51. The Morgan fingerprint density at radius 3 is 1.57 bits per heavy atom. The molecule has 67 heavy (non-hydrogen) atoms. The van der Waals surface area contributed by atoms with Gasteiger partial charge in [0.05, 0.1) is 32.0 Å². The van der Waals surface area contributed by atoms with Crippen molar-refractivity contribution in [2.75, 3.05) is 19.8 Å². The Balaban J connectivity index is 1.62. The average molecular weight is 948 g/mol. The molecule has 2 saturated heterocycles. The van der Waals surface area contributed by atoms with Gasteiger partial charge in [0, 0.05) is 6.42 Å². The van der Waals surface area contributed by atoms with Crippen LogP contribution >= 0.6 is 0 Å². The van der Waals surface area contributed by atoms with E-state index in [4.69, 9.17) is 18.9 Å². The van der Waals surface area contributed by atoms with Gasteiger partial charge in [-0.3, -0.25) is 4.79 Å². The molecule has 0 aliphatic carbocycles. The number of nitrogens with one attached hydrogen (secondary N) is 1. The van der Waals surface area contributed by atoms with E-state index in [-0.39, 0.29) is 18.9 Å². The topological polar surface area (TPSA) is 228 Å². The van der Waals surface area contributed by atoms with E-state index in [2.05, 4.69) is 92.1 Å². The number of rotatable bonds is 37. The van der Waals surface area contributed by atoms with E-state index in [0.29, 0.717) is 6.42 Å². The fraction of sp³-hybridized carbons (Fsp3) is 0.717. The summed E-state index contributed by atoms with van der Waals surface area (Å²) in [7, 11) is 0. The van der Waals surface area contributed by atoms with Crippen LogP contribution in [-0.2, 0) is 23.7 Å². The van der Waals surface area contributed by atoms with Crippen molar-refractivity contribution in [1.29, 1.82) is 0 Å². The molecule has 2 rings (SSSR count). The summed E-state index contributed by atoms with van der Waals surface area (Å²) in [5.41, 5.74) is 0. The lowest BCUT2D eigenvalue weighted by atomic mass is 9.97. The molecule has 0 bridgehead atoms. The van der Waals surface area contributed by atoms with Gasteiger partial charge in [0.2, 0.25) is 5.91 Å². The summed E-state index contributed by atoms with van der Waals surface area (Å²) in [4.78, 5) is 13.0. The number of ether oxygens (including phenoxy) is 4. The Hall–Kier alpha value is -2.83. The summed E-state index contributed by atoms with van der Waals surface area (Å²) in [6.07, 6.45) is 34.3. The van der Waals surface area contributed by atoms with Crippen molar-refractivity contribution >= 4 is 5.91 Å². The molecule has 0 aromatic carbocycles. The van der Waals surface area contributed by atoms with Crippen molar-refractivity contribution in [2.24, 2.45) is 0 Å². The summed E-state index contributed by atoms with van der Waals surface area (Å²) in [6, 6.07) is -0.917. The molecule has 14 heteroatoms. The minimum atomic E-state index is -1.79. The predicted octanol–water partition coefficient (Wildman–Crippen LogP) is 6.60. The van der Waals surface area contributed by atoms with Gasteiger partial charge in [-0.15, -0.1) is 0 Å². The Morgan fingerprint density at radius 2 is 1.03 bits per heavy atom. The number of hydrogen-bond acceptors (Lipinski definition) is 13. The van der Waals surface area contributed by atoms with Crippen molar-refractivity contribution < 1.29 is 64.6 Å². The molecule has 2 fully saturated rings. The molecule has 14 nitrogen and oxygen atoms in total. The number of allylic oxidation sites excluding steroid dienone is 13. The average Bonchev–Trinajstić information content (AvgIpc) is 3.33. The molecule has 0 spiro atoms. The molecule has 0 saturated carbocycles. The molecule has 9 N–H and O–H groups in total. The quantitative estimate of drug-likeness (QED) is 0.0237. The monoisotopic (exact) mass is 948 g/mol. The van der Waals surface area contributed by atoms with Crippen LogP contribution in [0.2, 0.25) is 0 Å². The van der Waals surface area contributed by atoms with Crippen LogP contribution in [0.15, 0.2) is 85.1 Å². The first-order chi connectivity index (χ1) is 32.6. The second kappa shape index (κ2) is 39.0. The maximum atomic E-state index is 13.0. The van der Waals surface area contributed by atoms with Gasteiger partial charge in [0.25, 0.3) is 0 Å². The third kappa shape index (κ3) is 26.1. The second-order valence-corrected chi connectivity index (χ2v) is 17.6. The van der Waals surface area contributed by atoms with Crippen molar-refractivity contribution in [3.05, 3.63) is 85.1 Å². The zero-order valence-electron chi connectivity index (χ0n) is 40.6. The van der Waals surface area contributed by atoms with E-state index in [0.717, 1.165) is 83.5 Å². The minimum absolute atomic E-state index is 0.259. The van der Waals surface area contributed by atoms with Gasteiger partial charge in [0.15, 0.2) is 12.6 Å². The van der Waals surface area contributed by atoms with Crippen molar-refractivity contribution in [3.8, 4) is 0 Å². The smallest absolute Gasteiger partial charge is 0.220 e. The predicted molar refractivity (Wildman–Crippen MR) is 263 cm³/mol. The lowest BCUT2D eigenvalue weighted by Gasteiger charge is -2.46. The molecule has 0 radical (unpaired) electrons. The first-order valence-corrected chi connectivity index (χ1v) is 25.3. The molecule has 0 aromatic heterocycles. The molecule has 12 atom stereocenters. The standard InChI is InChI=1S/C53H89NO13/c1-3-5-7-9-10-11-12-13-14-15-16-17-18-19-20-21-22-23-24-25-26-27-28-29-30-31-32-33-35-37-45(58)54-41(42(57)36-34-8-6-4-2)40-64-52-50(63)48(61)51(44(39-56)66-52)67-53-49(62)47(60)46(59)43(38-55)65-53/h5,7,10-11,13-14,16-17,19-20,22-23,34,36,41-44,46-53,55-57,59-63H,3-4,6,8-9,12,15,18,21,24-33,35,37-40H2,1-2H3,(H,54,58)/b7-5-,11-10-,14-13-,17-16-,20-19-,23-22-,36-34+. The summed E-state index contributed by atoms with van der Waals surface area (Å²) in [5, 5.41) is 86.0. The summed E-state index contributed by atoms with van der Waals surface area (Å²) in [6.45, 7) is 2.47. The minimum Gasteiger partial charge on any atom is -0.394 e. The number of aliphatic hydroxyl groups is 8. The van der Waals surface area contributed by atoms with E-state index in [1.54, 1.807) is 6.08 Å². The highest BCUT2D eigenvalue weighted by Crippen LogP contribution is 2.30. The molecular weight excluding hydrogens is 859 g/mol. The van der Waals surface area contributed by atoms with Crippen LogP contribution in [0.25, 0.3) is 0 Å². The van der Waals surface area contributed by atoms with Crippen LogP contribution in [0.1, 0.15) is 149 Å².